The van der Waals surface area contributed by atoms with Crippen LogP contribution >= 0.6 is 0 Å². The summed E-state index contributed by atoms with van der Waals surface area (Å²) in [5.41, 5.74) is -0.281. The highest BCUT2D eigenvalue weighted by Gasteiger charge is 2.20. The molecule has 1 saturated heterocycles. The molecular formula is C14H16FNO4. The highest BCUT2D eigenvalue weighted by molar-refractivity contribution is 5.91. The highest BCUT2D eigenvalue weighted by Crippen LogP contribution is 2.22. The Bertz CT molecular complexity index is 512. The molecule has 0 atom stereocenters. The summed E-state index contributed by atoms with van der Waals surface area (Å²) in [5.74, 6) is -2.70. The van der Waals surface area contributed by atoms with Crippen LogP contribution in [-0.2, 0) is 4.79 Å². The van der Waals surface area contributed by atoms with Crippen molar-refractivity contribution in [1.29, 1.82) is 0 Å². The smallest absolute Gasteiger partial charge is 0.339 e. The molecule has 0 aromatic heterocycles. The number of para-hydroxylation sites is 1. The maximum atomic E-state index is 13.6. The van der Waals surface area contributed by atoms with Crippen LogP contribution < -0.4 is 4.74 Å². The van der Waals surface area contributed by atoms with Gasteiger partial charge in [-0.3, -0.25) is 4.79 Å². The molecule has 0 saturated carbocycles. The number of likely N-dealkylation sites (tertiary alicyclic amines) is 1. The van der Waals surface area contributed by atoms with Crippen LogP contribution in [0.1, 0.15) is 29.6 Å². The van der Waals surface area contributed by atoms with E-state index in [-0.39, 0.29) is 23.8 Å². The fourth-order valence-electron chi connectivity index (χ4n) is 2.19. The molecule has 0 spiro atoms. The minimum absolute atomic E-state index is 0.246. The molecule has 1 fully saturated rings. The van der Waals surface area contributed by atoms with Crippen molar-refractivity contribution in [2.45, 2.75) is 19.3 Å². The van der Waals surface area contributed by atoms with Gasteiger partial charge in [-0.15, -0.1) is 0 Å². The minimum Gasteiger partial charge on any atom is -0.480 e. The molecule has 5 nitrogen and oxygen atoms in total. The Morgan fingerprint density at radius 3 is 2.60 bits per heavy atom. The lowest BCUT2D eigenvalue weighted by Crippen LogP contribution is -2.38. The van der Waals surface area contributed by atoms with Crippen LogP contribution in [-0.4, -0.2) is 41.6 Å². The van der Waals surface area contributed by atoms with E-state index in [0.29, 0.717) is 13.1 Å². The number of amides is 1. The van der Waals surface area contributed by atoms with E-state index in [1.54, 1.807) is 4.90 Å². The molecule has 20 heavy (non-hydrogen) atoms. The molecule has 0 bridgehead atoms. The largest absolute Gasteiger partial charge is 0.480 e. The summed E-state index contributed by atoms with van der Waals surface area (Å²) in [6.07, 6.45) is 3.00. The number of carbonyl (C=O) groups excluding carboxylic acids is 1. The molecule has 108 valence electrons. The first kappa shape index (κ1) is 14.3. The van der Waals surface area contributed by atoms with Crippen LogP contribution in [0.5, 0.6) is 5.75 Å². The van der Waals surface area contributed by atoms with Crippen molar-refractivity contribution in [3.63, 3.8) is 0 Å². The molecule has 0 radical (unpaired) electrons. The van der Waals surface area contributed by atoms with Gasteiger partial charge in [-0.2, -0.15) is 0 Å². The molecule has 1 amide bonds. The van der Waals surface area contributed by atoms with E-state index in [1.807, 2.05) is 0 Å². The molecule has 1 aliphatic heterocycles. The van der Waals surface area contributed by atoms with Crippen molar-refractivity contribution in [3.05, 3.63) is 29.6 Å². The van der Waals surface area contributed by atoms with Crippen molar-refractivity contribution in [1.82, 2.24) is 4.90 Å². The van der Waals surface area contributed by atoms with Crippen molar-refractivity contribution >= 4 is 11.9 Å². The maximum Gasteiger partial charge on any atom is 0.339 e. The summed E-state index contributed by atoms with van der Waals surface area (Å²) in [6.45, 7) is 0.998. The second-order valence-corrected chi connectivity index (χ2v) is 4.65. The van der Waals surface area contributed by atoms with Gasteiger partial charge in [0.05, 0.1) is 0 Å². The number of piperidine rings is 1. The number of nitrogens with zero attached hydrogens (tertiary/aromatic N) is 1. The van der Waals surface area contributed by atoms with E-state index in [9.17, 15) is 14.0 Å². The summed E-state index contributed by atoms with van der Waals surface area (Å²) in [6, 6.07) is 3.64. The minimum atomic E-state index is -1.29. The molecule has 1 aromatic rings. The van der Waals surface area contributed by atoms with Gasteiger partial charge in [0, 0.05) is 13.1 Å². The van der Waals surface area contributed by atoms with E-state index in [2.05, 4.69) is 0 Å². The Balaban J connectivity index is 2.03. The Labute approximate surface area is 116 Å². The number of carbonyl (C=O) groups is 2. The van der Waals surface area contributed by atoms with Gasteiger partial charge in [0.2, 0.25) is 0 Å². The zero-order valence-electron chi connectivity index (χ0n) is 11.0. The number of hydrogen-bond acceptors (Lipinski definition) is 3. The topological polar surface area (TPSA) is 66.8 Å². The fourth-order valence-corrected chi connectivity index (χ4v) is 2.19. The number of carboxylic acids is 1. The van der Waals surface area contributed by atoms with Gasteiger partial charge in [0.25, 0.3) is 5.91 Å². The highest BCUT2D eigenvalue weighted by atomic mass is 19.1. The number of ether oxygens (including phenoxy) is 1. The number of halogens is 1. The third kappa shape index (κ3) is 3.26. The standard InChI is InChI=1S/C14H16FNO4/c15-11-6-4-5-10(14(18)19)13(11)20-9-12(17)16-7-2-1-3-8-16/h4-6H,1-3,7-9H2,(H,18,19). The molecule has 1 aliphatic rings. The fraction of sp³-hybridized carbons (Fsp3) is 0.429. The van der Waals surface area contributed by atoms with Gasteiger partial charge < -0.3 is 14.7 Å². The van der Waals surface area contributed by atoms with Crippen LogP contribution in [0.25, 0.3) is 0 Å². The maximum absolute atomic E-state index is 13.6. The van der Waals surface area contributed by atoms with Gasteiger partial charge >= 0.3 is 5.97 Å². The third-order valence-corrected chi connectivity index (χ3v) is 3.25. The zero-order valence-corrected chi connectivity index (χ0v) is 11.0. The van der Waals surface area contributed by atoms with E-state index < -0.39 is 11.8 Å². The summed E-state index contributed by atoms with van der Waals surface area (Å²) >= 11 is 0. The number of carboxylic acid groups (broad SMARTS) is 1. The van der Waals surface area contributed by atoms with Crippen LogP contribution in [0.3, 0.4) is 0 Å². The Morgan fingerprint density at radius 2 is 1.95 bits per heavy atom. The lowest BCUT2D eigenvalue weighted by Gasteiger charge is -2.26. The van der Waals surface area contributed by atoms with Crippen molar-refractivity contribution < 1.29 is 23.8 Å². The molecule has 0 aliphatic carbocycles. The van der Waals surface area contributed by atoms with Gasteiger partial charge in [-0.1, -0.05) is 6.07 Å². The summed E-state index contributed by atoms with van der Waals surface area (Å²) in [5, 5.41) is 8.96. The van der Waals surface area contributed by atoms with Crippen LogP contribution in [0.15, 0.2) is 18.2 Å². The number of rotatable bonds is 4. The molecule has 1 heterocycles. The van der Waals surface area contributed by atoms with Crippen molar-refractivity contribution in [2.24, 2.45) is 0 Å². The van der Waals surface area contributed by atoms with Crippen LogP contribution in [0.2, 0.25) is 0 Å². The Hall–Kier alpha value is -2.11. The van der Waals surface area contributed by atoms with E-state index in [0.717, 1.165) is 25.3 Å². The van der Waals surface area contributed by atoms with Gasteiger partial charge in [-0.25, -0.2) is 9.18 Å². The van der Waals surface area contributed by atoms with Gasteiger partial charge in [0.15, 0.2) is 18.2 Å². The Kier molecular flexibility index (Phi) is 4.55. The first-order valence-electron chi connectivity index (χ1n) is 6.52. The number of hydrogen-bond donors (Lipinski definition) is 1. The summed E-state index contributed by atoms with van der Waals surface area (Å²) in [4.78, 5) is 24.5. The second kappa shape index (κ2) is 6.36. The zero-order chi connectivity index (χ0) is 14.5. The average Bonchev–Trinajstić information content (AvgIpc) is 2.46. The first-order valence-corrected chi connectivity index (χ1v) is 6.52. The normalized spacial score (nSPS) is 14.9. The SMILES string of the molecule is O=C(O)c1cccc(F)c1OCC(=O)N1CCCCC1. The van der Waals surface area contributed by atoms with Crippen LogP contribution in [0, 0.1) is 5.82 Å². The molecule has 1 N–H and O–H groups in total. The molecule has 6 heteroatoms. The van der Waals surface area contributed by atoms with Crippen molar-refractivity contribution in [2.75, 3.05) is 19.7 Å². The molecular weight excluding hydrogens is 265 g/mol. The van der Waals surface area contributed by atoms with Gasteiger partial charge in [0.1, 0.15) is 5.56 Å². The van der Waals surface area contributed by atoms with E-state index in [4.69, 9.17) is 9.84 Å². The predicted octanol–water partition coefficient (Wildman–Crippen LogP) is 1.92. The van der Waals surface area contributed by atoms with E-state index in [1.165, 1.54) is 12.1 Å². The van der Waals surface area contributed by atoms with Crippen LogP contribution in [0.4, 0.5) is 4.39 Å². The van der Waals surface area contributed by atoms with Crippen molar-refractivity contribution in [3.8, 4) is 5.75 Å². The molecule has 1 aromatic carbocycles. The lowest BCUT2D eigenvalue weighted by atomic mass is 10.1. The molecule has 2 rings (SSSR count). The first-order chi connectivity index (χ1) is 9.59. The lowest BCUT2D eigenvalue weighted by molar-refractivity contribution is -0.134. The monoisotopic (exact) mass is 281 g/mol. The van der Waals surface area contributed by atoms with Gasteiger partial charge in [-0.05, 0) is 31.4 Å². The molecule has 0 unspecified atom stereocenters. The summed E-state index contributed by atoms with van der Waals surface area (Å²) in [7, 11) is 0. The third-order valence-electron chi connectivity index (χ3n) is 3.25. The summed E-state index contributed by atoms with van der Waals surface area (Å²) < 4.78 is 18.7. The second-order valence-electron chi connectivity index (χ2n) is 4.65. The number of benzene rings is 1. The predicted molar refractivity (Wildman–Crippen MR) is 69.3 cm³/mol. The average molecular weight is 281 g/mol. The Morgan fingerprint density at radius 1 is 1.25 bits per heavy atom. The number of aromatic carboxylic acids is 1. The van der Waals surface area contributed by atoms with E-state index >= 15 is 0 Å². The quantitative estimate of drug-likeness (QED) is 0.915.